The van der Waals surface area contributed by atoms with E-state index in [9.17, 15) is 0 Å². The van der Waals surface area contributed by atoms with Crippen molar-refractivity contribution in [1.82, 2.24) is 9.13 Å². The van der Waals surface area contributed by atoms with Crippen molar-refractivity contribution in [2.45, 2.75) is 58.8 Å². The van der Waals surface area contributed by atoms with Crippen molar-refractivity contribution in [2.24, 2.45) is 0 Å². The summed E-state index contributed by atoms with van der Waals surface area (Å²) in [6.45, 7) is 9.21. The van der Waals surface area contributed by atoms with Gasteiger partial charge in [0.05, 0.1) is 27.8 Å². The molecule has 4 nitrogen and oxygen atoms in total. The van der Waals surface area contributed by atoms with Gasteiger partial charge in [0.1, 0.15) is 11.5 Å². The Labute approximate surface area is 503 Å². The zero-order valence-electron chi connectivity index (χ0n) is 49.1. The van der Waals surface area contributed by atoms with Crippen LogP contribution in [0.1, 0.15) is 58.1 Å². The standard InChI is InChI=1S/C81H64BN3O/c1-5-6-9-22-53-47-76-79-78(48-53)86-77-52-62(84-73-33-20-16-29-65(73)66-30-17-21-34-74(66)84)44-46-70(77)82(79)69-45-43-61(83-71-31-18-14-27-63(71)64-28-15-19-32-72(64)83)51-75(69)85(76)80-67(58-39-35-56(36-40-58)54-23-10-7-11-24-54)49-60(81(2,3)4)50-68(80)59-41-37-57(38-42-59)55-25-12-8-13-26-55/h7-8,10-21,23-52H,5-6,9,22H2,1-4H3. The summed E-state index contributed by atoms with van der Waals surface area (Å²) in [4.78, 5) is 2.67. The van der Waals surface area contributed by atoms with E-state index in [0.29, 0.717) is 0 Å². The zero-order valence-corrected chi connectivity index (χ0v) is 49.1. The second kappa shape index (κ2) is 20.6. The molecule has 0 saturated carbocycles. The van der Waals surface area contributed by atoms with Gasteiger partial charge in [-0.2, -0.15) is 0 Å². The molecule has 0 aliphatic carbocycles. The van der Waals surface area contributed by atoms with Crippen molar-refractivity contribution in [1.29, 1.82) is 0 Å². The lowest BCUT2D eigenvalue weighted by Gasteiger charge is -2.42. The molecule has 0 atom stereocenters. The molecule has 0 spiro atoms. The quantitative estimate of drug-likeness (QED) is 0.0951. The van der Waals surface area contributed by atoms with Crippen LogP contribution in [0, 0.1) is 0 Å². The Balaban J connectivity index is 1.00. The van der Waals surface area contributed by atoms with Crippen LogP contribution in [0.5, 0.6) is 11.5 Å². The minimum Gasteiger partial charge on any atom is -0.458 e. The molecule has 412 valence electrons. The number of unbranched alkanes of at least 4 members (excludes halogenated alkanes) is 2. The molecule has 12 aromatic carbocycles. The SMILES string of the molecule is CCCCCc1cc2c3c(c1)N(c1c(-c4ccc(-c5ccccc5)cc4)cc(C(C)(C)C)cc1-c1ccc(-c4ccccc4)cc1)c1cc(-n4c5ccccc5c5ccccc54)ccc1B3c1ccc(-n3c4ccccc4c4ccccc43)cc1O2. The molecule has 5 heteroatoms. The normalized spacial score (nSPS) is 12.7. The molecule has 0 bridgehead atoms. The predicted octanol–water partition coefficient (Wildman–Crippen LogP) is 20.0. The molecule has 2 aliphatic rings. The van der Waals surface area contributed by atoms with Gasteiger partial charge in [-0.15, -0.1) is 0 Å². The lowest BCUT2D eigenvalue weighted by atomic mass is 9.34. The Morgan fingerprint density at radius 2 is 0.826 bits per heavy atom. The highest BCUT2D eigenvalue weighted by atomic mass is 16.5. The van der Waals surface area contributed by atoms with E-state index in [-0.39, 0.29) is 12.1 Å². The maximum absolute atomic E-state index is 7.57. The Morgan fingerprint density at radius 3 is 1.31 bits per heavy atom. The number of rotatable bonds is 11. The molecule has 0 radical (unpaired) electrons. The number of benzene rings is 12. The number of para-hydroxylation sites is 4. The van der Waals surface area contributed by atoms with Gasteiger partial charge in [-0.1, -0.05) is 235 Å². The predicted molar refractivity (Wildman–Crippen MR) is 365 cm³/mol. The highest BCUT2D eigenvalue weighted by Gasteiger charge is 2.44. The first-order valence-electron chi connectivity index (χ1n) is 30.7. The molecule has 0 N–H and O–H groups in total. The molecular weight excluding hydrogens is 1040 g/mol. The summed E-state index contributed by atoms with van der Waals surface area (Å²) in [7, 11) is 0. The first-order valence-corrected chi connectivity index (χ1v) is 30.7. The van der Waals surface area contributed by atoms with Crippen LogP contribution >= 0.6 is 0 Å². The summed E-state index contributed by atoms with van der Waals surface area (Å²) >= 11 is 0. The maximum Gasteiger partial charge on any atom is 0.256 e. The van der Waals surface area contributed by atoms with E-state index < -0.39 is 0 Å². The number of anilines is 3. The second-order valence-corrected chi connectivity index (χ2v) is 24.6. The van der Waals surface area contributed by atoms with Crippen molar-refractivity contribution >= 4 is 83.8 Å². The number of hydrogen-bond acceptors (Lipinski definition) is 2. The van der Waals surface area contributed by atoms with Crippen LogP contribution in [0.2, 0.25) is 0 Å². The number of aromatic nitrogens is 2. The Bertz CT molecular complexity index is 4740. The smallest absolute Gasteiger partial charge is 0.256 e. The summed E-state index contributed by atoms with van der Waals surface area (Å²) in [6, 6.07) is 99.7. The molecule has 2 aliphatic heterocycles. The van der Waals surface area contributed by atoms with E-state index in [0.717, 1.165) is 82.2 Å². The molecule has 86 heavy (non-hydrogen) atoms. The van der Waals surface area contributed by atoms with Gasteiger partial charge in [-0.3, -0.25) is 0 Å². The summed E-state index contributed by atoms with van der Waals surface area (Å²) in [5.74, 6) is 1.80. The van der Waals surface area contributed by atoms with Crippen molar-refractivity contribution < 1.29 is 4.74 Å². The average Bonchev–Trinajstić information content (AvgIpc) is 0.843. The Kier molecular flexibility index (Phi) is 12.3. The van der Waals surface area contributed by atoms with E-state index in [1.165, 1.54) is 99.0 Å². The van der Waals surface area contributed by atoms with Crippen LogP contribution in [-0.4, -0.2) is 15.8 Å². The molecule has 16 rings (SSSR count). The van der Waals surface area contributed by atoms with Crippen molar-refractivity contribution in [2.75, 3.05) is 4.90 Å². The van der Waals surface area contributed by atoms with Gasteiger partial charge >= 0.3 is 0 Å². The summed E-state index contributed by atoms with van der Waals surface area (Å²) in [5.41, 5.74) is 25.7. The third kappa shape index (κ3) is 8.51. The van der Waals surface area contributed by atoms with Crippen LogP contribution < -0.4 is 26.0 Å². The lowest BCUT2D eigenvalue weighted by Crippen LogP contribution is -2.59. The van der Waals surface area contributed by atoms with Gasteiger partial charge in [-0.05, 0) is 146 Å². The second-order valence-electron chi connectivity index (χ2n) is 24.6. The number of hydrogen-bond donors (Lipinski definition) is 0. The van der Waals surface area contributed by atoms with Crippen LogP contribution in [0.3, 0.4) is 0 Å². The fourth-order valence-electron chi connectivity index (χ4n) is 14.1. The van der Waals surface area contributed by atoms with Crippen molar-refractivity contribution in [3.8, 4) is 67.4 Å². The first-order chi connectivity index (χ1) is 42.3. The summed E-state index contributed by atoms with van der Waals surface area (Å²) < 4.78 is 12.5. The van der Waals surface area contributed by atoms with Crippen LogP contribution in [-0.2, 0) is 11.8 Å². The molecule has 0 amide bonds. The first kappa shape index (κ1) is 51.5. The fourth-order valence-corrected chi connectivity index (χ4v) is 14.1. The topological polar surface area (TPSA) is 22.3 Å². The Morgan fingerprint density at radius 1 is 0.384 bits per heavy atom. The van der Waals surface area contributed by atoms with E-state index in [2.05, 4.69) is 309 Å². The third-order valence-corrected chi connectivity index (χ3v) is 18.4. The minimum atomic E-state index is -0.182. The maximum atomic E-state index is 7.57. The van der Waals surface area contributed by atoms with Crippen molar-refractivity contribution in [3.05, 3.63) is 278 Å². The van der Waals surface area contributed by atoms with Crippen LogP contribution in [0.4, 0.5) is 17.1 Å². The van der Waals surface area contributed by atoms with Gasteiger partial charge in [0.2, 0.25) is 0 Å². The monoisotopic (exact) mass is 1110 g/mol. The van der Waals surface area contributed by atoms with Crippen LogP contribution in [0.15, 0.2) is 267 Å². The fraction of sp³-hybridized carbons (Fsp3) is 0.111. The highest BCUT2D eigenvalue weighted by Crippen LogP contribution is 2.52. The summed E-state index contributed by atoms with van der Waals surface area (Å²) in [5, 5.41) is 4.95. The largest absolute Gasteiger partial charge is 0.458 e. The van der Waals surface area contributed by atoms with E-state index in [1.54, 1.807) is 0 Å². The van der Waals surface area contributed by atoms with E-state index in [1.807, 2.05) is 0 Å². The van der Waals surface area contributed by atoms with Crippen LogP contribution in [0.25, 0.3) is 99.5 Å². The van der Waals surface area contributed by atoms with E-state index >= 15 is 0 Å². The number of aryl methyl sites for hydroxylation is 1. The molecule has 0 unspecified atom stereocenters. The van der Waals surface area contributed by atoms with E-state index in [4.69, 9.17) is 4.74 Å². The van der Waals surface area contributed by atoms with Gasteiger partial charge in [0.15, 0.2) is 0 Å². The molecule has 2 aromatic heterocycles. The third-order valence-electron chi connectivity index (χ3n) is 18.4. The molecular formula is C81H64BN3O. The number of fused-ring (bicyclic) bond motifs is 10. The Hall–Kier alpha value is -10.1. The minimum absolute atomic E-state index is 0.143. The van der Waals surface area contributed by atoms with Gasteiger partial charge in [0.25, 0.3) is 6.71 Å². The lowest BCUT2D eigenvalue weighted by molar-refractivity contribution is 0.486. The molecule has 4 heterocycles. The number of ether oxygens (including phenoxy) is 1. The zero-order chi connectivity index (χ0) is 57.6. The highest BCUT2D eigenvalue weighted by molar-refractivity contribution is 6.99. The van der Waals surface area contributed by atoms with Gasteiger partial charge < -0.3 is 18.8 Å². The number of nitrogens with zero attached hydrogens (tertiary/aromatic N) is 3. The van der Waals surface area contributed by atoms with Gasteiger partial charge in [-0.25, -0.2) is 0 Å². The molecule has 0 fully saturated rings. The summed E-state index contributed by atoms with van der Waals surface area (Å²) in [6.07, 6.45) is 4.30. The van der Waals surface area contributed by atoms with Crippen molar-refractivity contribution in [3.63, 3.8) is 0 Å². The molecule has 14 aromatic rings. The molecule has 0 saturated heterocycles. The van der Waals surface area contributed by atoms with Gasteiger partial charge in [0, 0.05) is 61.5 Å². The average molecular weight is 1110 g/mol.